The molecule has 0 aromatic heterocycles. The van der Waals surface area contributed by atoms with Crippen LogP contribution in [0, 0.1) is 0 Å². The van der Waals surface area contributed by atoms with E-state index in [-0.39, 0.29) is 24.6 Å². The monoisotopic (exact) mass is 405 g/mol. The molecule has 0 fully saturated rings. The number of amidine groups is 1. The maximum Gasteiger partial charge on any atom is 0.442 e. The van der Waals surface area contributed by atoms with Crippen molar-refractivity contribution in [3.63, 3.8) is 0 Å². The summed E-state index contributed by atoms with van der Waals surface area (Å²) in [5.74, 6) is -2.50. The van der Waals surface area contributed by atoms with Crippen LogP contribution in [0.2, 0.25) is 0 Å². The Morgan fingerprint density at radius 2 is 1.76 bits per heavy atom. The summed E-state index contributed by atoms with van der Waals surface area (Å²) in [6, 6.07) is 14.1. The van der Waals surface area contributed by atoms with Crippen LogP contribution in [0.3, 0.4) is 0 Å². The zero-order valence-corrected chi connectivity index (χ0v) is 15.4. The Bertz CT molecular complexity index is 943. The molecule has 3 rings (SSSR count). The molecule has 1 heterocycles. The van der Waals surface area contributed by atoms with Gasteiger partial charge in [0.05, 0.1) is 0 Å². The van der Waals surface area contributed by atoms with E-state index in [2.05, 4.69) is 4.99 Å². The number of amides is 2. The van der Waals surface area contributed by atoms with E-state index in [4.69, 9.17) is 0 Å². The van der Waals surface area contributed by atoms with Crippen LogP contribution in [0.5, 0.6) is 5.75 Å². The number of carbonyl (C=O) groups excluding carboxylic acids is 2. The summed E-state index contributed by atoms with van der Waals surface area (Å²) in [5, 5.41) is 11.1. The molecule has 152 valence electrons. The number of rotatable bonds is 5. The van der Waals surface area contributed by atoms with E-state index < -0.39 is 23.7 Å². The van der Waals surface area contributed by atoms with Gasteiger partial charge in [0.25, 0.3) is 5.91 Å². The van der Waals surface area contributed by atoms with Crippen molar-refractivity contribution in [2.24, 2.45) is 4.99 Å². The molecular weight excluding hydrogens is 387 g/mol. The Balaban J connectivity index is 2.01. The maximum atomic E-state index is 13.9. The summed E-state index contributed by atoms with van der Waals surface area (Å²) >= 11 is 0. The molecule has 6 nitrogen and oxygen atoms in total. The Labute approximate surface area is 164 Å². The van der Waals surface area contributed by atoms with Gasteiger partial charge in [-0.05, 0) is 24.1 Å². The second kappa shape index (κ2) is 7.57. The summed E-state index contributed by atoms with van der Waals surface area (Å²) in [7, 11) is 0. The molecule has 1 aliphatic heterocycles. The van der Waals surface area contributed by atoms with E-state index in [0.29, 0.717) is 11.1 Å². The van der Waals surface area contributed by atoms with E-state index in [0.717, 1.165) is 11.8 Å². The average molecular weight is 405 g/mol. The number of benzene rings is 2. The van der Waals surface area contributed by atoms with Crippen molar-refractivity contribution >= 4 is 17.6 Å². The van der Waals surface area contributed by atoms with Gasteiger partial charge >= 0.3 is 11.8 Å². The predicted molar refractivity (Wildman–Crippen MR) is 99.1 cm³/mol. The first-order valence-corrected chi connectivity index (χ1v) is 8.75. The summed E-state index contributed by atoms with van der Waals surface area (Å²) < 4.78 is 41.7. The predicted octanol–water partition coefficient (Wildman–Crippen LogP) is 2.62. The van der Waals surface area contributed by atoms with Gasteiger partial charge in [-0.2, -0.15) is 13.2 Å². The number of phenols is 1. The van der Waals surface area contributed by atoms with Crippen LogP contribution < -0.4 is 5.32 Å². The highest BCUT2D eigenvalue weighted by molar-refractivity contribution is 6.16. The van der Waals surface area contributed by atoms with Crippen molar-refractivity contribution in [1.29, 1.82) is 0 Å². The Hall–Kier alpha value is -3.36. The third-order valence-corrected chi connectivity index (χ3v) is 4.44. The van der Waals surface area contributed by atoms with Crippen LogP contribution in [-0.4, -0.2) is 46.0 Å². The number of halogens is 3. The largest absolute Gasteiger partial charge is 0.508 e. The molecule has 29 heavy (non-hydrogen) atoms. The van der Waals surface area contributed by atoms with E-state index in [1.165, 1.54) is 12.1 Å². The number of alkyl halides is 3. The van der Waals surface area contributed by atoms with Crippen LogP contribution in [-0.2, 0) is 16.0 Å². The summed E-state index contributed by atoms with van der Waals surface area (Å²) in [4.78, 5) is 29.0. The van der Waals surface area contributed by atoms with Crippen LogP contribution in [0.15, 0.2) is 59.6 Å². The van der Waals surface area contributed by atoms with Gasteiger partial charge in [-0.15, -0.1) is 0 Å². The van der Waals surface area contributed by atoms with Gasteiger partial charge in [0.1, 0.15) is 11.6 Å². The molecule has 0 saturated carbocycles. The van der Waals surface area contributed by atoms with Crippen molar-refractivity contribution in [3.8, 4) is 5.75 Å². The lowest BCUT2D eigenvalue weighted by atomic mass is 10.1. The normalized spacial score (nSPS) is 19.2. The molecule has 0 bridgehead atoms. The fraction of sp³-hybridized carbons (Fsp3) is 0.250. The minimum Gasteiger partial charge on any atom is -0.508 e. The second-order valence-electron chi connectivity index (χ2n) is 6.56. The standard InChI is InChI=1S/C20H18F3N3O3/c1-13(27)24-19(20(21,22)23)18(29)26(12-11-14-7-9-16(28)10-8-14)17(25-19)15-5-3-2-4-6-15/h2-10,28H,11-12H2,1H3,(H,24,27). The van der Waals surface area contributed by atoms with Crippen LogP contribution in [0.4, 0.5) is 13.2 Å². The molecule has 2 aromatic carbocycles. The van der Waals surface area contributed by atoms with Gasteiger partial charge in [-0.25, -0.2) is 4.99 Å². The number of hydrogen-bond acceptors (Lipinski definition) is 4. The Morgan fingerprint density at radius 3 is 2.31 bits per heavy atom. The lowest BCUT2D eigenvalue weighted by molar-refractivity contribution is -0.199. The highest BCUT2D eigenvalue weighted by atomic mass is 19.4. The highest BCUT2D eigenvalue weighted by Crippen LogP contribution is 2.38. The second-order valence-corrected chi connectivity index (χ2v) is 6.56. The number of hydrogen-bond donors (Lipinski definition) is 2. The highest BCUT2D eigenvalue weighted by Gasteiger charge is 2.66. The Kier molecular flexibility index (Phi) is 5.32. The minimum atomic E-state index is -5.12. The average Bonchev–Trinajstić information content (AvgIpc) is 2.94. The fourth-order valence-corrected chi connectivity index (χ4v) is 3.07. The minimum absolute atomic E-state index is 0.0549. The van der Waals surface area contributed by atoms with Gasteiger partial charge < -0.3 is 10.4 Å². The van der Waals surface area contributed by atoms with E-state index in [1.807, 2.05) is 0 Å². The molecule has 2 N–H and O–H groups in total. The first kappa shape index (κ1) is 20.4. The number of phenolic OH excluding ortho intramolecular Hbond substituents is 1. The molecular formula is C20H18F3N3O3. The summed E-state index contributed by atoms with van der Waals surface area (Å²) in [5.41, 5.74) is -2.33. The summed E-state index contributed by atoms with van der Waals surface area (Å²) in [6.07, 6.45) is -4.89. The van der Waals surface area contributed by atoms with E-state index in [9.17, 15) is 27.9 Å². The molecule has 0 radical (unpaired) electrons. The van der Waals surface area contributed by atoms with Gasteiger partial charge in [0, 0.05) is 19.0 Å². The first-order chi connectivity index (χ1) is 13.6. The third-order valence-electron chi connectivity index (χ3n) is 4.44. The van der Waals surface area contributed by atoms with Gasteiger partial charge in [0.2, 0.25) is 5.91 Å². The number of carbonyl (C=O) groups is 2. The molecule has 0 spiro atoms. The SMILES string of the molecule is CC(=O)NC1(C(F)(F)F)N=C(c2ccccc2)N(CCc2ccc(O)cc2)C1=O. The molecule has 2 amide bonds. The zero-order valence-electron chi connectivity index (χ0n) is 15.4. The smallest absolute Gasteiger partial charge is 0.442 e. The van der Waals surface area contributed by atoms with Crippen molar-refractivity contribution in [2.75, 3.05) is 6.54 Å². The molecule has 9 heteroatoms. The zero-order chi connectivity index (χ0) is 21.2. The van der Waals surface area contributed by atoms with E-state index >= 15 is 0 Å². The van der Waals surface area contributed by atoms with Crippen molar-refractivity contribution in [2.45, 2.75) is 25.2 Å². The fourth-order valence-electron chi connectivity index (χ4n) is 3.07. The first-order valence-electron chi connectivity index (χ1n) is 8.75. The quantitative estimate of drug-likeness (QED) is 0.802. The topological polar surface area (TPSA) is 82.0 Å². The molecule has 2 aromatic rings. The Morgan fingerprint density at radius 1 is 1.14 bits per heavy atom. The number of aromatic hydroxyl groups is 1. The number of nitrogens with zero attached hydrogens (tertiary/aromatic N) is 2. The van der Waals surface area contributed by atoms with Crippen molar-refractivity contribution in [1.82, 2.24) is 10.2 Å². The van der Waals surface area contributed by atoms with Crippen LogP contribution in [0.25, 0.3) is 0 Å². The molecule has 1 aliphatic rings. The molecule has 0 aliphatic carbocycles. The number of nitrogens with one attached hydrogen (secondary N) is 1. The van der Waals surface area contributed by atoms with Crippen LogP contribution >= 0.6 is 0 Å². The number of aliphatic imine (C=N–C) groups is 1. The molecule has 1 unspecified atom stereocenters. The lowest BCUT2D eigenvalue weighted by Gasteiger charge is -2.28. The van der Waals surface area contributed by atoms with Crippen LogP contribution in [0.1, 0.15) is 18.1 Å². The third kappa shape index (κ3) is 3.94. The van der Waals surface area contributed by atoms with E-state index in [1.54, 1.807) is 47.8 Å². The lowest BCUT2D eigenvalue weighted by Crippen LogP contribution is -2.63. The van der Waals surface area contributed by atoms with Crippen molar-refractivity contribution < 1.29 is 27.9 Å². The molecule has 1 atom stereocenters. The van der Waals surface area contributed by atoms with Crippen molar-refractivity contribution in [3.05, 3.63) is 65.7 Å². The molecule has 0 saturated heterocycles. The summed E-state index contributed by atoms with van der Waals surface area (Å²) in [6.45, 7) is 0.812. The van der Waals surface area contributed by atoms with Gasteiger partial charge in [-0.1, -0.05) is 42.5 Å². The van der Waals surface area contributed by atoms with Gasteiger partial charge in [-0.3, -0.25) is 14.5 Å². The van der Waals surface area contributed by atoms with Gasteiger partial charge in [0.15, 0.2) is 0 Å². The maximum absolute atomic E-state index is 13.9.